The molecule has 114 valence electrons. The van der Waals surface area contributed by atoms with Gasteiger partial charge in [0.05, 0.1) is 5.92 Å². The summed E-state index contributed by atoms with van der Waals surface area (Å²) in [5.41, 5.74) is 2.98. The SMILES string of the molecule is CCCNC(C)C(C)c1nc(-c2ncc(C)cc2C)no1. The Kier molecular flexibility index (Phi) is 5.07. The fraction of sp³-hybridized carbons (Fsp3) is 0.562. The lowest BCUT2D eigenvalue weighted by Gasteiger charge is -2.17. The van der Waals surface area contributed by atoms with Crippen LogP contribution in [0.4, 0.5) is 0 Å². The van der Waals surface area contributed by atoms with Crippen LogP contribution >= 0.6 is 0 Å². The zero-order valence-electron chi connectivity index (χ0n) is 13.5. The molecule has 0 bridgehead atoms. The van der Waals surface area contributed by atoms with Crippen LogP contribution in [0.2, 0.25) is 0 Å². The van der Waals surface area contributed by atoms with Gasteiger partial charge in [0.1, 0.15) is 5.69 Å². The molecule has 0 fully saturated rings. The highest BCUT2D eigenvalue weighted by atomic mass is 16.5. The zero-order valence-corrected chi connectivity index (χ0v) is 13.5. The van der Waals surface area contributed by atoms with Crippen LogP contribution in [0.1, 0.15) is 50.1 Å². The molecule has 0 aliphatic heterocycles. The van der Waals surface area contributed by atoms with Gasteiger partial charge in [-0.15, -0.1) is 0 Å². The van der Waals surface area contributed by atoms with Crippen LogP contribution in [0.3, 0.4) is 0 Å². The summed E-state index contributed by atoms with van der Waals surface area (Å²) in [6, 6.07) is 2.37. The average molecular weight is 288 g/mol. The van der Waals surface area contributed by atoms with E-state index in [-0.39, 0.29) is 5.92 Å². The molecule has 5 nitrogen and oxygen atoms in total. The topological polar surface area (TPSA) is 63.8 Å². The highest BCUT2D eigenvalue weighted by Crippen LogP contribution is 2.23. The molecule has 5 heteroatoms. The Morgan fingerprint density at radius 2 is 2.05 bits per heavy atom. The van der Waals surface area contributed by atoms with Crippen LogP contribution in [0.25, 0.3) is 11.5 Å². The lowest BCUT2D eigenvalue weighted by atomic mass is 10.0. The summed E-state index contributed by atoms with van der Waals surface area (Å²) in [6.45, 7) is 11.4. The summed E-state index contributed by atoms with van der Waals surface area (Å²) < 4.78 is 5.43. The number of aromatic nitrogens is 3. The Balaban J connectivity index is 2.17. The average Bonchev–Trinajstić information content (AvgIpc) is 2.93. The molecule has 0 radical (unpaired) electrons. The largest absolute Gasteiger partial charge is 0.339 e. The maximum absolute atomic E-state index is 5.43. The van der Waals surface area contributed by atoms with Crippen molar-refractivity contribution in [3.63, 3.8) is 0 Å². The molecule has 0 saturated carbocycles. The van der Waals surface area contributed by atoms with Gasteiger partial charge in [-0.3, -0.25) is 4.98 Å². The Morgan fingerprint density at radius 1 is 1.29 bits per heavy atom. The van der Waals surface area contributed by atoms with E-state index in [9.17, 15) is 0 Å². The summed E-state index contributed by atoms with van der Waals surface area (Å²) in [5, 5.41) is 7.54. The molecule has 2 rings (SSSR count). The van der Waals surface area contributed by atoms with E-state index < -0.39 is 0 Å². The fourth-order valence-electron chi connectivity index (χ4n) is 2.23. The molecule has 0 saturated heterocycles. The van der Waals surface area contributed by atoms with Crippen LogP contribution in [0.15, 0.2) is 16.8 Å². The molecule has 21 heavy (non-hydrogen) atoms. The molecule has 0 aliphatic carbocycles. The maximum atomic E-state index is 5.43. The number of hydrogen-bond acceptors (Lipinski definition) is 5. The number of aryl methyl sites for hydroxylation is 2. The van der Waals surface area contributed by atoms with Crippen molar-refractivity contribution < 1.29 is 4.52 Å². The van der Waals surface area contributed by atoms with Crippen LogP contribution < -0.4 is 5.32 Å². The molecule has 2 unspecified atom stereocenters. The van der Waals surface area contributed by atoms with Crippen molar-refractivity contribution in [1.82, 2.24) is 20.4 Å². The van der Waals surface area contributed by atoms with E-state index >= 15 is 0 Å². The lowest BCUT2D eigenvalue weighted by Crippen LogP contribution is -2.31. The van der Waals surface area contributed by atoms with E-state index in [1.807, 2.05) is 20.0 Å². The van der Waals surface area contributed by atoms with E-state index in [1.165, 1.54) is 0 Å². The molecule has 0 aromatic carbocycles. The fourth-order valence-corrected chi connectivity index (χ4v) is 2.23. The molecule has 0 spiro atoms. The molecular formula is C16H24N4O. The van der Waals surface area contributed by atoms with Gasteiger partial charge in [-0.2, -0.15) is 4.98 Å². The summed E-state index contributed by atoms with van der Waals surface area (Å²) in [6.07, 6.45) is 2.94. The zero-order chi connectivity index (χ0) is 15.4. The van der Waals surface area contributed by atoms with Crippen molar-refractivity contribution in [2.24, 2.45) is 0 Å². The molecule has 0 amide bonds. The van der Waals surface area contributed by atoms with Crippen LogP contribution in [0, 0.1) is 13.8 Å². The lowest BCUT2D eigenvalue weighted by molar-refractivity contribution is 0.331. The predicted molar refractivity (Wildman–Crippen MR) is 83.2 cm³/mol. The number of pyridine rings is 1. The first-order chi connectivity index (χ1) is 10.0. The second kappa shape index (κ2) is 6.80. The third kappa shape index (κ3) is 3.67. The van der Waals surface area contributed by atoms with Crippen molar-refractivity contribution in [1.29, 1.82) is 0 Å². The van der Waals surface area contributed by atoms with Gasteiger partial charge in [-0.05, 0) is 44.9 Å². The number of hydrogen-bond donors (Lipinski definition) is 1. The minimum absolute atomic E-state index is 0.170. The molecule has 2 aromatic rings. The van der Waals surface area contributed by atoms with Gasteiger partial charge in [0.15, 0.2) is 0 Å². The third-order valence-electron chi connectivity index (χ3n) is 3.72. The van der Waals surface area contributed by atoms with E-state index in [4.69, 9.17) is 4.52 Å². The van der Waals surface area contributed by atoms with Gasteiger partial charge < -0.3 is 9.84 Å². The smallest absolute Gasteiger partial charge is 0.231 e. The molecule has 2 heterocycles. The Morgan fingerprint density at radius 3 is 2.71 bits per heavy atom. The van der Waals surface area contributed by atoms with Gasteiger partial charge in [-0.1, -0.05) is 25.1 Å². The Bertz CT molecular complexity index is 594. The van der Waals surface area contributed by atoms with Gasteiger partial charge >= 0.3 is 0 Å². The van der Waals surface area contributed by atoms with E-state index in [0.717, 1.165) is 29.8 Å². The first-order valence-corrected chi connectivity index (χ1v) is 7.53. The monoisotopic (exact) mass is 288 g/mol. The number of nitrogens with zero attached hydrogens (tertiary/aromatic N) is 3. The minimum atomic E-state index is 0.170. The Hall–Kier alpha value is -1.75. The maximum Gasteiger partial charge on any atom is 0.231 e. The minimum Gasteiger partial charge on any atom is -0.339 e. The van der Waals surface area contributed by atoms with E-state index in [2.05, 4.69) is 47.3 Å². The molecule has 2 atom stereocenters. The second-order valence-electron chi connectivity index (χ2n) is 5.67. The standard InChI is InChI=1S/C16H24N4O/c1-6-7-17-13(5)12(4)16-19-15(20-21-16)14-11(3)8-10(2)9-18-14/h8-9,12-13,17H,6-7H2,1-5H3. The van der Waals surface area contributed by atoms with Crippen LogP contribution in [0.5, 0.6) is 0 Å². The van der Waals surface area contributed by atoms with Crippen molar-refractivity contribution in [2.45, 2.75) is 53.0 Å². The molecule has 0 aliphatic rings. The summed E-state index contributed by atoms with van der Waals surface area (Å²) in [7, 11) is 0. The number of nitrogens with one attached hydrogen (secondary N) is 1. The first-order valence-electron chi connectivity index (χ1n) is 7.53. The van der Waals surface area contributed by atoms with Crippen molar-refractivity contribution in [3.8, 4) is 11.5 Å². The Labute approximate surface area is 126 Å². The van der Waals surface area contributed by atoms with Crippen LogP contribution in [-0.2, 0) is 0 Å². The molecular weight excluding hydrogens is 264 g/mol. The van der Waals surface area contributed by atoms with Gasteiger partial charge in [0.25, 0.3) is 0 Å². The summed E-state index contributed by atoms with van der Waals surface area (Å²) in [4.78, 5) is 8.93. The van der Waals surface area contributed by atoms with E-state index in [0.29, 0.717) is 17.8 Å². The first kappa shape index (κ1) is 15.6. The third-order valence-corrected chi connectivity index (χ3v) is 3.72. The second-order valence-corrected chi connectivity index (χ2v) is 5.67. The highest BCUT2D eigenvalue weighted by molar-refractivity contribution is 5.54. The van der Waals surface area contributed by atoms with Gasteiger partial charge in [-0.25, -0.2) is 0 Å². The van der Waals surface area contributed by atoms with Gasteiger partial charge in [0.2, 0.25) is 11.7 Å². The van der Waals surface area contributed by atoms with E-state index in [1.54, 1.807) is 0 Å². The van der Waals surface area contributed by atoms with Crippen LogP contribution in [-0.4, -0.2) is 27.7 Å². The molecule has 2 aromatic heterocycles. The van der Waals surface area contributed by atoms with Gasteiger partial charge in [0, 0.05) is 12.2 Å². The quantitative estimate of drug-likeness (QED) is 0.884. The summed E-state index contributed by atoms with van der Waals surface area (Å²) >= 11 is 0. The molecule has 1 N–H and O–H groups in total. The highest BCUT2D eigenvalue weighted by Gasteiger charge is 2.21. The number of rotatable bonds is 6. The van der Waals surface area contributed by atoms with Crippen molar-refractivity contribution in [3.05, 3.63) is 29.3 Å². The van der Waals surface area contributed by atoms with Crippen molar-refractivity contribution in [2.75, 3.05) is 6.54 Å². The summed E-state index contributed by atoms with van der Waals surface area (Å²) in [5.74, 6) is 1.39. The van der Waals surface area contributed by atoms with Crippen molar-refractivity contribution >= 4 is 0 Å². The normalized spacial score (nSPS) is 14.1. The predicted octanol–water partition coefficient (Wildman–Crippen LogP) is 3.24.